The Labute approximate surface area is 136 Å². The molecule has 0 spiro atoms. The maximum atomic E-state index is 12.6. The highest BCUT2D eigenvalue weighted by atomic mass is 16.1. The van der Waals surface area contributed by atoms with Gasteiger partial charge < -0.3 is 5.32 Å². The number of aromatic nitrogens is 1. The number of pyridine rings is 1. The molecule has 0 aliphatic rings. The van der Waals surface area contributed by atoms with Gasteiger partial charge in [0, 0.05) is 11.1 Å². The monoisotopic (exact) mass is 304 g/mol. The maximum Gasteiger partial charge on any atom is 0.274 e. The molecule has 0 saturated carbocycles. The second kappa shape index (κ2) is 6.61. The van der Waals surface area contributed by atoms with Crippen LogP contribution in [0.4, 0.5) is 5.69 Å². The SMILES string of the molecule is CCc1cccc(CC)c1NC(=O)c1ccc2ccccc2n1. The van der Waals surface area contributed by atoms with Gasteiger partial charge in [0.1, 0.15) is 5.69 Å². The third-order valence-electron chi connectivity index (χ3n) is 4.07. The lowest BCUT2D eigenvalue weighted by Gasteiger charge is -2.14. The lowest BCUT2D eigenvalue weighted by atomic mass is 10.0. The van der Waals surface area contributed by atoms with Crippen LogP contribution in [0.3, 0.4) is 0 Å². The number of hydrogen-bond acceptors (Lipinski definition) is 2. The molecule has 0 atom stereocenters. The van der Waals surface area contributed by atoms with E-state index in [1.165, 1.54) is 0 Å². The lowest BCUT2D eigenvalue weighted by Crippen LogP contribution is -2.16. The van der Waals surface area contributed by atoms with Crippen molar-refractivity contribution in [2.75, 3.05) is 5.32 Å². The summed E-state index contributed by atoms with van der Waals surface area (Å²) in [5, 5.41) is 4.10. The molecule has 1 aromatic heterocycles. The van der Waals surface area contributed by atoms with Gasteiger partial charge in [-0.1, -0.05) is 56.3 Å². The van der Waals surface area contributed by atoms with Crippen LogP contribution in [-0.2, 0) is 12.8 Å². The summed E-state index contributed by atoms with van der Waals surface area (Å²) in [5.74, 6) is -0.161. The molecule has 3 heteroatoms. The number of aryl methyl sites for hydroxylation is 2. The number of para-hydroxylation sites is 2. The number of fused-ring (bicyclic) bond motifs is 1. The molecule has 3 rings (SSSR count). The van der Waals surface area contributed by atoms with E-state index in [0.717, 1.165) is 40.6 Å². The summed E-state index contributed by atoms with van der Waals surface area (Å²) in [7, 11) is 0. The van der Waals surface area contributed by atoms with E-state index < -0.39 is 0 Å². The highest BCUT2D eigenvalue weighted by molar-refractivity contribution is 6.04. The molecule has 0 unspecified atom stereocenters. The summed E-state index contributed by atoms with van der Waals surface area (Å²) in [5.41, 5.74) is 4.51. The molecule has 1 heterocycles. The zero-order valence-corrected chi connectivity index (χ0v) is 13.5. The Morgan fingerprint density at radius 1 is 0.913 bits per heavy atom. The summed E-state index contributed by atoms with van der Waals surface area (Å²) >= 11 is 0. The predicted octanol–water partition coefficient (Wildman–Crippen LogP) is 4.61. The number of anilines is 1. The molecule has 0 fully saturated rings. The van der Waals surface area contributed by atoms with Crippen molar-refractivity contribution >= 4 is 22.5 Å². The van der Waals surface area contributed by atoms with E-state index in [4.69, 9.17) is 0 Å². The Morgan fingerprint density at radius 2 is 1.61 bits per heavy atom. The summed E-state index contributed by atoms with van der Waals surface area (Å²) in [6.07, 6.45) is 1.77. The van der Waals surface area contributed by atoms with E-state index in [0.29, 0.717) is 5.69 Å². The predicted molar refractivity (Wildman–Crippen MR) is 94.9 cm³/mol. The molecule has 116 valence electrons. The fraction of sp³-hybridized carbons (Fsp3) is 0.200. The van der Waals surface area contributed by atoms with Crippen LogP contribution >= 0.6 is 0 Å². The minimum absolute atomic E-state index is 0.161. The summed E-state index contributed by atoms with van der Waals surface area (Å²) in [4.78, 5) is 17.1. The molecule has 1 N–H and O–H groups in total. The van der Waals surface area contributed by atoms with E-state index in [9.17, 15) is 4.79 Å². The average molecular weight is 304 g/mol. The Morgan fingerprint density at radius 3 is 2.30 bits per heavy atom. The van der Waals surface area contributed by atoms with Crippen LogP contribution in [0.15, 0.2) is 54.6 Å². The van der Waals surface area contributed by atoms with E-state index in [-0.39, 0.29) is 5.91 Å². The Bertz CT molecular complexity index is 833. The quantitative estimate of drug-likeness (QED) is 0.764. The van der Waals surface area contributed by atoms with Crippen LogP contribution in [-0.4, -0.2) is 10.9 Å². The van der Waals surface area contributed by atoms with Crippen LogP contribution < -0.4 is 5.32 Å². The number of benzene rings is 2. The number of carbonyl (C=O) groups is 1. The first-order valence-electron chi connectivity index (χ1n) is 8.00. The second-order valence-corrected chi connectivity index (χ2v) is 5.50. The van der Waals surface area contributed by atoms with Gasteiger partial charge in [-0.2, -0.15) is 0 Å². The number of nitrogens with zero attached hydrogens (tertiary/aromatic N) is 1. The molecular weight excluding hydrogens is 284 g/mol. The van der Waals surface area contributed by atoms with Crippen LogP contribution in [0, 0.1) is 0 Å². The standard InChI is InChI=1S/C20H20N2O/c1-3-14-9-7-10-15(4-2)19(14)22-20(23)18-13-12-16-8-5-6-11-17(16)21-18/h5-13H,3-4H2,1-2H3,(H,22,23). The molecule has 3 nitrogen and oxygen atoms in total. The van der Waals surface area contributed by atoms with Crippen molar-refractivity contribution in [3.63, 3.8) is 0 Å². The van der Waals surface area contributed by atoms with E-state index in [1.807, 2.05) is 36.4 Å². The van der Waals surface area contributed by atoms with Crippen LogP contribution in [0.5, 0.6) is 0 Å². The molecule has 0 aliphatic carbocycles. The number of carbonyl (C=O) groups excluding carboxylic acids is 1. The molecule has 3 aromatic rings. The Balaban J connectivity index is 1.94. The third kappa shape index (κ3) is 3.09. The molecule has 23 heavy (non-hydrogen) atoms. The highest BCUT2D eigenvalue weighted by Gasteiger charge is 2.13. The van der Waals surface area contributed by atoms with Gasteiger partial charge in [0.2, 0.25) is 0 Å². The zero-order chi connectivity index (χ0) is 16.2. The first kappa shape index (κ1) is 15.2. The van der Waals surface area contributed by atoms with Crippen LogP contribution in [0.1, 0.15) is 35.5 Å². The number of amides is 1. The Hall–Kier alpha value is -2.68. The second-order valence-electron chi connectivity index (χ2n) is 5.50. The van der Waals surface area contributed by atoms with Gasteiger partial charge in [0.25, 0.3) is 5.91 Å². The lowest BCUT2D eigenvalue weighted by molar-refractivity contribution is 0.102. The fourth-order valence-corrected chi connectivity index (χ4v) is 2.77. The first-order valence-corrected chi connectivity index (χ1v) is 8.00. The number of rotatable bonds is 4. The molecule has 0 radical (unpaired) electrons. The average Bonchev–Trinajstić information content (AvgIpc) is 2.61. The Kier molecular flexibility index (Phi) is 4.38. The highest BCUT2D eigenvalue weighted by Crippen LogP contribution is 2.23. The minimum Gasteiger partial charge on any atom is -0.320 e. The van der Waals surface area contributed by atoms with Crippen molar-refractivity contribution < 1.29 is 4.79 Å². The summed E-state index contributed by atoms with van der Waals surface area (Å²) in [6.45, 7) is 4.19. The smallest absolute Gasteiger partial charge is 0.274 e. The molecule has 0 bridgehead atoms. The van der Waals surface area contributed by atoms with Crippen LogP contribution in [0.25, 0.3) is 10.9 Å². The number of hydrogen-bond donors (Lipinski definition) is 1. The largest absolute Gasteiger partial charge is 0.320 e. The number of nitrogens with one attached hydrogen (secondary N) is 1. The van der Waals surface area contributed by atoms with Gasteiger partial charge in [-0.25, -0.2) is 4.98 Å². The van der Waals surface area contributed by atoms with Gasteiger partial charge in [-0.05, 0) is 36.1 Å². The van der Waals surface area contributed by atoms with Crippen molar-refractivity contribution in [3.8, 4) is 0 Å². The van der Waals surface area contributed by atoms with E-state index in [1.54, 1.807) is 6.07 Å². The van der Waals surface area contributed by atoms with Gasteiger partial charge in [-0.3, -0.25) is 4.79 Å². The normalized spacial score (nSPS) is 10.7. The van der Waals surface area contributed by atoms with Crippen molar-refractivity contribution in [1.82, 2.24) is 4.98 Å². The van der Waals surface area contributed by atoms with Crippen molar-refractivity contribution in [3.05, 3.63) is 71.4 Å². The van der Waals surface area contributed by atoms with Gasteiger partial charge >= 0.3 is 0 Å². The fourth-order valence-electron chi connectivity index (χ4n) is 2.77. The van der Waals surface area contributed by atoms with E-state index in [2.05, 4.69) is 36.3 Å². The zero-order valence-electron chi connectivity index (χ0n) is 13.5. The summed E-state index contributed by atoms with van der Waals surface area (Å²) < 4.78 is 0. The van der Waals surface area contributed by atoms with Gasteiger partial charge in [-0.15, -0.1) is 0 Å². The van der Waals surface area contributed by atoms with Crippen LogP contribution in [0.2, 0.25) is 0 Å². The van der Waals surface area contributed by atoms with Crippen molar-refractivity contribution in [2.45, 2.75) is 26.7 Å². The molecule has 0 aliphatic heterocycles. The molecule has 2 aromatic carbocycles. The topological polar surface area (TPSA) is 42.0 Å². The van der Waals surface area contributed by atoms with Gasteiger partial charge in [0.15, 0.2) is 0 Å². The maximum absolute atomic E-state index is 12.6. The molecule has 0 saturated heterocycles. The first-order chi connectivity index (χ1) is 11.2. The molecule has 1 amide bonds. The van der Waals surface area contributed by atoms with Crippen molar-refractivity contribution in [2.24, 2.45) is 0 Å². The van der Waals surface area contributed by atoms with E-state index >= 15 is 0 Å². The third-order valence-corrected chi connectivity index (χ3v) is 4.07. The summed E-state index contributed by atoms with van der Waals surface area (Å²) in [6, 6.07) is 17.7. The molecular formula is C20H20N2O. The van der Waals surface area contributed by atoms with Gasteiger partial charge in [0.05, 0.1) is 5.52 Å². The minimum atomic E-state index is -0.161. The van der Waals surface area contributed by atoms with Crippen molar-refractivity contribution in [1.29, 1.82) is 0 Å².